The summed E-state index contributed by atoms with van der Waals surface area (Å²) in [6.45, 7) is 3.42. The minimum Gasteiger partial charge on any atom is -0.507 e. The van der Waals surface area contributed by atoms with Crippen molar-refractivity contribution in [1.29, 1.82) is 0 Å². The number of hydrogen-bond acceptors (Lipinski definition) is 6. The topological polar surface area (TPSA) is 89.0 Å². The van der Waals surface area contributed by atoms with Crippen molar-refractivity contribution in [2.45, 2.75) is 25.8 Å². The van der Waals surface area contributed by atoms with Gasteiger partial charge in [0.25, 0.3) is 11.7 Å². The molecule has 1 amide bonds. The Morgan fingerprint density at radius 3 is 2.43 bits per heavy atom. The van der Waals surface area contributed by atoms with Crippen LogP contribution in [0.15, 0.2) is 54.4 Å². The molecule has 1 atom stereocenters. The Labute approximate surface area is 175 Å². The molecule has 1 aromatic carbocycles. The molecule has 7 heteroatoms. The first kappa shape index (κ1) is 21.5. The van der Waals surface area contributed by atoms with Crippen molar-refractivity contribution in [2.24, 2.45) is 0 Å². The molecule has 2 aromatic rings. The van der Waals surface area contributed by atoms with Crippen molar-refractivity contribution in [2.75, 3.05) is 26.9 Å². The number of methoxy groups -OCH3 is 1. The summed E-state index contributed by atoms with van der Waals surface area (Å²) >= 11 is 0. The smallest absolute Gasteiger partial charge is 0.295 e. The predicted octanol–water partition coefficient (Wildman–Crippen LogP) is 3.33. The maximum absolute atomic E-state index is 12.9. The van der Waals surface area contributed by atoms with E-state index < -0.39 is 17.7 Å². The van der Waals surface area contributed by atoms with E-state index in [4.69, 9.17) is 9.47 Å². The molecule has 7 nitrogen and oxygen atoms in total. The van der Waals surface area contributed by atoms with Gasteiger partial charge in [-0.1, -0.05) is 6.92 Å². The number of amides is 1. The molecule has 1 fully saturated rings. The summed E-state index contributed by atoms with van der Waals surface area (Å²) in [7, 11) is 1.59. The first-order chi connectivity index (χ1) is 14.6. The number of nitrogens with zero attached hydrogens (tertiary/aromatic N) is 2. The largest absolute Gasteiger partial charge is 0.507 e. The minimum atomic E-state index is -0.696. The van der Waals surface area contributed by atoms with Gasteiger partial charge in [-0.2, -0.15) is 0 Å². The molecule has 30 heavy (non-hydrogen) atoms. The molecule has 1 aliphatic heterocycles. The Bertz CT molecular complexity index is 909. The predicted molar refractivity (Wildman–Crippen MR) is 112 cm³/mol. The first-order valence-electron chi connectivity index (χ1n) is 9.99. The normalized spacial score (nSPS) is 18.1. The van der Waals surface area contributed by atoms with Crippen LogP contribution in [0.25, 0.3) is 5.76 Å². The Hall–Kier alpha value is -3.19. The number of aliphatic hydroxyl groups excluding tert-OH is 1. The Balaban J connectivity index is 2.00. The molecule has 0 bridgehead atoms. The van der Waals surface area contributed by atoms with E-state index in [1.165, 1.54) is 4.90 Å². The molecule has 0 unspecified atom stereocenters. The van der Waals surface area contributed by atoms with Crippen LogP contribution in [-0.4, -0.2) is 53.5 Å². The zero-order chi connectivity index (χ0) is 21.5. The van der Waals surface area contributed by atoms with Crippen LogP contribution in [0.2, 0.25) is 0 Å². The van der Waals surface area contributed by atoms with E-state index >= 15 is 0 Å². The van der Waals surface area contributed by atoms with Crippen molar-refractivity contribution >= 4 is 17.4 Å². The van der Waals surface area contributed by atoms with Crippen molar-refractivity contribution in [3.63, 3.8) is 0 Å². The Morgan fingerprint density at radius 2 is 1.80 bits per heavy atom. The van der Waals surface area contributed by atoms with E-state index in [0.717, 1.165) is 6.42 Å². The van der Waals surface area contributed by atoms with Gasteiger partial charge in [-0.25, -0.2) is 0 Å². The summed E-state index contributed by atoms with van der Waals surface area (Å²) < 4.78 is 10.7. The second-order valence-electron chi connectivity index (χ2n) is 6.99. The summed E-state index contributed by atoms with van der Waals surface area (Å²) in [5.74, 6) is -0.846. The lowest BCUT2D eigenvalue weighted by molar-refractivity contribution is -0.140. The van der Waals surface area contributed by atoms with Gasteiger partial charge in [-0.15, -0.1) is 0 Å². The van der Waals surface area contributed by atoms with Gasteiger partial charge in [0, 0.05) is 38.2 Å². The van der Waals surface area contributed by atoms with E-state index in [1.807, 2.05) is 6.92 Å². The average Bonchev–Trinajstić information content (AvgIpc) is 3.03. The lowest BCUT2D eigenvalue weighted by Gasteiger charge is -2.25. The Kier molecular flexibility index (Phi) is 7.19. The zero-order valence-corrected chi connectivity index (χ0v) is 17.2. The number of carbonyl (C=O) groups is 2. The summed E-state index contributed by atoms with van der Waals surface area (Å²) in [5.41, 5.74) is 1.24. The molecule has 1 N–H and O–H groups in total. The van der Waals surface area contributed by atoms with Crippen LogP contribution in [0.1, 0.15) is 36.9 Å². The number of aromatic nitrogens is 1. The zero-order valence-electron chi connectivity index (χ0n) is 17.2. The highest BCUT2D eigenvalue weighted by atomic mass is 16.5. The molecular weight excluding hydrogens is 384 g/mol. The van der Waals surface area contributed by atoms with Crippen molar-refractivity contribution in [3.05, 3.63) is 65.5 Å². The summed E-state index contributed by atoms with van der Waals surface area (Å²) in [4.78, 5) is 31.1. The number of aliphatic hydroxyl groups is 1. The molecule has 1 aliphatic rings. The van der Waals surface area contributed by atoms with Crippen molar-refractivity contribution in [3.8, 4) is 5.75 Å². The van der Waals surface area contributed by atoms with E-state index in [2.05, 4.69) is 4.98 Å². The van der Waals surface area contributed by atoms with Crippen LogP contribution in [0.4, 0.5) is 0 Å². The fraction of sp³-hybridized carbons (Fsp3) is 0.348. The number of rotatable bonds is 9. The van der Waals surface area contributed by atoms with Gasteiger partial charge >= 0.3 is 0 Å². The minimum absolute atomic E-state index is 0.0749. The van der Waals surface area contributed by atoms with Crippen LogP contribution in [0.3, 0.4) is 0 Å². The highest BCUT2D eigenvalue weighted by molar-refractivity contribution is 6.46. The lowest BCUT2D eigenvalue weighted by atomic mass is 9.96. The molecule has 0 radical (unpaired) electrons. The molecule has 158 valence electrons. The third-order valence-corrected chi connectivity index (χ3v) is 4.91. The molecule has 1 saturated heterocycles. The second kappa shape index (κ2) is 10.0. The van der Waals surface area contributed by atoms with E-state index in [0.29, 0.717) is 43.1 Å². The van der Waals surface area contributed by atoms with Crippen LogP contribution in [0.5, 0.6) is 5.75 Å². The first-order valence-corrected chi connectivity index (χ1v) is 9.99. The van der Waals surface area contributed by atoms with Crippen molar-refractivity contribution in [1.82, 2.24) is 9.88 Å². The van der Waals surface area contributed by atoms with Crippen molar-refractivity contribution < 1.29 is 24.2 Å². The fourth-order valence-electron chi connectivity index (χ4n) is 3.47. The van der Waals surface area contributed by atoms with Gasteiger partial charge in [0.1, 0.15) is 11.5 Å². The van der Waals surface area contributed by atoms with E-state index in [1.54, 1.807) is 55.9 Å². The highest BCUT2D eigenvalue weighted by Gasteiger charge is 2.45. The molecular formula is C23H26N2O5. The van der Waals surface area contributed by atoms with Gasteiger partial charge < -0.3 is 19.5 Å². The highest BCUT2D eigenvalue weighted by Crippen LogP contribution is 2.39. The number of likely N-dealkylation sites (tertiary alicyclic amines) is 1. The molecule has 2 heterocycles. The Morgan fingerprint density at radius 1 is 1.10 bits per heavy atom. The summed E-state index contributed by atoms with van der Waals surface area (Å²) in [6, 6.07) is 9.65. The van der Waals surface area contributed by atoms with Crippen LogP contribution < -0.4 is 4.74 Å². The lowest BCUT2D eigenvalue weighted by Crippen LogP contribution is -2.31. The second-order valence-corrected chi connectivity index (χ2v) is 6.99. The quantitative estimate of drug-likeness (QED) is 0.295. The molecule has 0 aliphatic carbocycles. The van der Waals surface area contributed by atoms with E-state index in [-0.39, 0.29) is 11.3 Å². The molecule has 1 aromatic heterocycles. The summed E-state index contributed by atoms with van der Waals surface area (Å²) in [5, 5.41) is 11.0. The number of ether oxygens (including phenoxy) is 2. The third-order valence-electron chi connectivity index (χ3n) is 4.91. The van der Waals surface area contributed by atoms with Crippen LogP contribution >= 0.6 is 0 Å². The van der Waals surface area contributed by atoms with Gasteiger partial charge in [0.05, 0.1) is 18.2 Å². The van der Waals surface area contributed by atoms with Gasteiger partial charge in [0.2, 0.25) is 0 Å². The average molecular weight is 410 g/mol. The summed E-state index contributed by atoms with van der Waals surface area (Å²) in [6.07, 6.45) is 4.67. The van der Waals surface area contributed by atoms with Gasteiger partial charge in [-0.05, 0) is 54.8 Å². The number of Topliss-reactive ketones (excluding diaryl/α,β-unsaturated/α-hetero) is 1. The molecule has 0 spiro atoms. The van der Waals surface area contributed by atoms with Crippen LogP contribution in [-0.2, 0) is 14.3 Å². The number of hydrogen-bond donors (Lipinski definition) is 1. The molecule has 3 rings (SSSR count). The van der Waals surface area contributed by atoms with E-state index in [9.17, 15) is 14.7 Å². The fourth-order valence-corrected chi connectivity index (χ4v) is 3.47. The third kappa shape index (κ3) is 4.52. The monoisotopic (exact) mass is 410 g/mol. The SMILES string of the molecule is CCCOc1ccc(/C(O)=C2\C(=O)C(=O)N(CCCOC)[C@@H]2c2ccncc2)cc1. The standard InChI is InChI=1S/C23H26N2O5/c1-3-14-30-18-7-5-17(6-8-18)21(26)19-20(16-9-11-24-12-10-16)25(13-4-15-29-2)23(28)22(19)27/h5-12,20,26H,3-4,13-15H2,1-2H3/b21-19+/t20-/m1/s1. The van der Waals surface area contributed by atoms with Gasteiger partial charge in [0.15, 0.2) is 0 Å². The maximum atomic E-state index is 12.9. The number of benzene rings is 1. The number of ketones is 1. The maximum Gasteiger partial charge on any atom is 0.295 e. The number of pyridine rings is 1. The van der Waals surface area contributed by atoms with Crippen LogP contribution in [0, 0.1) is 0 Å². The number of carbonyl (C=O) groups excluding carboxylic acids is 2. The molecule has 0 saturated carbocycles. The van der Waals surface area contributed by atoms with Gasteiger partial charge in [-0.3, -0.25) is 14.6 Å².